The molecule has 7 nitrogen and oxygen atoms in total. The van der Waals surface area contributed by atoms with Crippen molar-refractivity contribution in [2.75, 3.05) is 57.4 Å². The van der Waals surface area contributed by atoms with Gasteiger partial charge in [0.1, 0.15) is 6.04 Å². The second-order valence-corrected chi connectivity index (χ2v) is 9.65. The van der Waals surface area contributed by atoms with Crippen LogP contribution in [0.1, 0.15) is 26.3 Å². The van der Waals surface area contributed by atoms with E-state index in [9.17, 15) is 9.59 Å². The largest absolute Gasteiger partial charge is 0.378 e. The number of morpholine rings is 1. The van der Waals surface area contributed by atoms with Gasteiger partial charge in [0.25, 0.3) is 0 Å². The van der Waals surface area contributed by atoms with Gasteiger partial charge in [0.2, 0.25) is 11.8 Å². The molecule has 2 saturated heterocycles. The lowest BCUT2D eigenvalue weighted by Gasteiger charge is -2.41. The Morgan fingerprint density at radius 1 is 1.27 bits per heavy atom. The number of fused-ring (bicyclic) bond motifs is 1. The zero-order valence-electron chi connectivity index (χ0n) is 18.0. The van der Waals surface area contributed by atoms with Crippen molar-refractivity contribution in [3.8, 4) is 0 Å². The second-order valence-electron chi connectivity index (χ2n) is 9.22. The van der Waals surface area contributed by atoms with E-state index < -0.39 is 0 Å². The van der Waals surface area contributed by atoms with E-state index in [2.05, 4.69) is 26.1 Å². The van der Waals surface area contributed by atoms with Crippen molar-refractivity contribution in [2.45, 2.75) is 38.3 Å². The van der Waals surface area contributed by atoms with E-state index in [-0.39, 0.29) is 35.9 Å². The van der Waals surface area contributed by atoms with E-state index in [1.807, 2.05) is 32.9 Å². The van der Waals surface area contributed by atoms with Gasteiger partial charge in [0.15, 0.2) is 0 Å². The maximum atomic E-state index is 13.4. The number of rotatable bonds is 3. The molecule has 0 saturated carbocycles. The Labute approximate surface area is 183 Å². The number of piperazine rings is 1. The molecule has 1 N–H and O–H groups in total. The van der Waals surface area contributed by atoms with E-state index >= 15 is 0 Å². The zero-order chi connectivity index (χ0) is 21.5. The van der Waals surface area contributed by atoms with E-state index in [1.54, 1.807) is 0 Å². The van der Waals surface area contributed by atoms with Crippen LogP contribution in [0.15, 0.2) is 18.2 Å². The summed E-state index contributed by atoms with van der Waals surface area (Å²) in [4.78, 5) is 32.3. The summed E-state index contributed by atoms with van der Waals surface area (Å²) in [6.45, 7) is 10.8. The number of nitrogens with zero attached hydrogens (tertiary/aromatic N) is 3. The number of hydrogen-bond acceptors (Lipinski definition) is 5. The fourth-order valence-electron chi connectivity index (χ4n) is 4.75. The lowest BCUT2D eigenvalue weighted by atomic mass is 9.87. The van der Waals surface area contributed by atoms with E-state index in [4.69, 9.17) is 16.3 Å². The number of hydrogen-bond donors (Lipinski definition) is 1. The molecule has 164 valence electrons. The Morgan fingerprint density at radius 3 is 2.73 bits per heavy atom. The number of benzene rings is 1. The van der Waals surface area contributed by atoms with Crippen LogP contribution in [0, 0.1) is 0 Å². The van der Waals surface area contributed by atoms with Crippen LogP contribution in [-0.4, -0.2) is 86.2 Å². The highest BCUT2D eigenvalue weighted by atomic mass is 35.5. The number of amides is 2. The van der Waals surface area contributed by atoms with Crippen molar-refractivity contribution in [1.29, 1.82) is 0 Å². The number of carbonyl (C=O) groups excluding carboxylic acids is 2. The summed E-state index contributed by atoms with van der Waals surface area (Å²) in [5.74, 6) is 0.0914. The van der Waals surface area contributed by atoms with Crippen molar-refractivity contribution >= 4 is 29.1 Å². The number of anilines is 1. The van der Waals surface area contributed by atoms with Gasteiger partial charge in [-0.2, -0.15) is 0 Å². The Bertz CT molecular complexity index is 825. The first-order chi connectivity index (χ1) is 14.3. The molecule has 30 heavy (non-hydrogen) atoms. The molecular formula is C22H31ClN4O3. The highest BCUT2D eigenvalue weighted by molar-refractivity contribution is 6.31. The molecule has 2 atom stereocenters. The van der Waals surface area contributed by atoms with Crippen molar-refractivity contribution in [3.05, 3.63) is 28.8 Å². The molecular weight excluding hydrogens is 404 g/mol. The lowest BCUT2D eigenvalue weighted by molar-refractivity contribution is -0.142. The fourth-order valence-corrected chi connectivity index (χ4v) is 4.91. The molecule has 3 aliphatic heterocycles. The molecule has 2 amide bonds. The molecule has 3 heterocycles. The Hall–Kier alpha value is -1.67. The minimum Gasteiger partial charge on any atom is -0.378 e. The lowest BCUT2D eigenvalue weighted by Crippen LogP contribution is -2.63. The molecule has 1 aromatic carbocycles. The third-order valence-corrected chi connectivity index (χ3v) is 6.62. The summed E-state index contributed by atoms with van der Waals surface area (Å²) in [5, 5.41) is 4.02. The number of carbonyl (C=O) groups is 2. The van der Waals surface area contributed by atoms with Crippen LogP contribution in [-0.2, 0) is 19.7 Å². The molecule has 8 heteroatoms. The second kappa shape index (κ2) is 8.46. The smallest absolute Gasteiger partial charge is 0.241 e. The van der Waals surface area contributed by atoms with Gasteiger partial charge >= 0.3 is 0 Å². The Balaban J connectivity index is 1.52. The third-order valence-electron chi connectivity index (χ3n) is 6.39. The van der Waals surface area contributed by atoms with Gasteiger partial charge < -0.3 is 19.9 Å². The van der Waals surface area contributed by atoms with Crippen LogP contribution in [0.5, 0.6) is 0 Å². The molecule has 2 fully saturated rings. The first kappa shape index (κ1) is 21.6. The Kier molecular flexibility index (Phi) is 6.08. The standard InChI is InChI=1S/C22H31ClN4O3/c1-15-12-26(19(11-24-15)21(29)25-6-8-30-9-7-25)13-20(28)27-14-22(2,3)17-5-4-16(23)10-18(17)27/h4-5,10,15,19,24H,6-9,11-14H2,1-3H3/t15-,19-/m1/s1. The summed E-state index contributed by atoms with van der Waals surface area (Å²) in [6.07, 6.45) is 0. The van der Waals surface area contributed by atoms with Crippen LogP contribution in [0.2, 0.25) is 5.02 Å². The van der Waals surface area contributed by atoms with Gasteiger partial charge in [-0.15, -0.1) is 0 Å². The van der Waals surface area contributed by atoms with Crippen LogP contribution < -0.4 is 10.2 Å². The van der Waals surface area contributed by atoms with Gasteiger partial charge in [-0.3, -0.25) is 14.5 Å². The van der Waals surface area contributed by atoms with Crippen molar-refractivity contribution in [3.63, 3.8) is 0 Å². The molecule has 0 aliphatic carbocycles. The van der Waals surface area contributed by atoms with Gasteiger partial charge in [-0.1, -0.05) is 31.5 Å². The summed E-state index contributed by atoms with van der Waals surface area (Å²) < 4.78 is 5.38. The van der Waals surface area contributed by atoms with Crippen molar-refractivity contribution in [1.82, 2.24) is 15.1 Å². The summed E-state index contributed by atoms with van der Waals surface area (Å²) >= 11 is 6.23. The average Bonchev–Trinajstić information content (AvgIpc) is 2.98. The minimum atomic E-state index is -0.335. The molecule has 1 aromatic rings. The maximum Gasteiger partial charge on any atom is 0.241 e. The molecule has 0 aromatic heterocycles. The predicted octanol–water partition coefficient (Wildman–Crippen LogP) is 1.49. The summed E-state index contributed by atoms with van der Waals surface area (Å²) in [5.41, 5.74) is 1.89. The zero-order valence-corrected chi connectivity index (χ0v) is 18.7. The molecule has 0 bridgehead atoms. The van der Waals surface area contributed by atoms with Crippen LogP contribution in [0.3, 0.4) is 0 Å². The number of halogens is 1. The van der Waals surface area contributed by atoms with Gasteiger partial charge in [0.05, 0.1) is 19.8 Å². The summed E-state index contributed by atoms with van der Waals surface area (Å²) in [7, 11) is 0. The number of ether oxygens (including phenoxy) is 1. The van der Waals surface area contributed by atoms with E-state index in [0.29, 0.717) is 51.0 Å². The summed E-state index contributed by atoms with van der Waals surface area (Å²) in [6, 6.07) is 5.66. The van der Waals surface area contributed by atoms with Gasteiger partial charge in [-0.05, 0) is 24.6 Å². The van der Waals surface area contributed by atoms with Gasteiger partial charge in [0, 0.05) is 54.9 Å². The normalized spacial score (nSPS) is 26.5. The van der Waals surface area contributed by atoms with E-state index in [0.717, 1.165) is 11.3 Å². The number of nitrogens with one attached hydrogen (secondary N) is 1. The van der Waals surface area contributed by atoms with Crippen LogP contribution in [0.4, 0.5) is 5.69 Å². The van der Waals surface area contributed by atoms with Gasteiger partial charge in [-0.25, -0.2) is 0 Å². The monoisotopic (exact) mass is 434 g/mol. The quantitative estimate of drug-likeness (QED) is 0.780. The van der Waals surface area contributed by atoms with E-state index in [1.165, 1.54) is 0 Å². The maximum absolute atomic E-state index is 13.4. The van der Waals surface area contributed by atoms with Crippen LogP contribution in [0.25, 0.3) is 0 Å². The molecule has 4 rings (SSSR count). The van der Waals surface area contributed by atoms with Crippen molar-refractivity contribution in [2.24, 2.45) is 0 Å². The molecule has 0 unspecified atom stereocenters. The first-order valence-corrected chi connectivity index (χ1v) is 11.1. The predicted molar refractivity (Wildman–Crippen MR) is 117 cm³/mol. The van der Waals surface area contributed by atoms with Crippen LogP contribution >= 0.6 is 11.6 Å². The fraction of sp³-hybridized carbons (Fsp3) is 0.636. The topological polar surface area (TPSA) is 65.1 Å². The Morgan fingerprint density at radius 2 is 2.00 bits per heavy atom. The third kappa shape index (κ3) is 4.21. The molecule has 0 radical (unpaired) electrons. The minimum absolute atomic E-state index is 0.0120. The molecule has 0 spiro atoms. The highest BCUT2D eigenvalue weighted by Crippen LogP contribution is 2.41. The highest BCUT2D eigenvalue weighted by Gasteiger charge is 2.41. The average molecular weight is 435 g/mol. The molecule has 3 aliphatic rings. The van der Waals surface area contributed by atoms with Crippen molar-refractivity contribution < 1.29 is 14.3 Å². The SMILES string of the molecule is C[C@@H]1CN(CC(=O)N2CC(C)(C)c3ccc(Cl)cc32)[C@@H](C(=O)N2CCOCC2)CN1. The first-order valence-electron chi connectivity index (χ1n) is 10.7.